The van der Waals surface area contributed by atoms with Crippen LogP contribution in [-0.4, -0.2) is 20.9 Å². The molecule has 2 N–H and O–H groups in total. The van der Waals surface area contributed by atoms with E-state index < -0.39 is 10.2 Å². The Morgan fingerprint density at radius 3 is 1.96 bits per heavy atom. The average Bonchev–Trinajstić information content (AvgIpc) is 2.69. The van der Waals surface area contributed by atoms with Crippen molar-refractivity contribution in [1.82, 2.24) is 10.1 Å². The van der Waals surface area contributed by atoms with Crippen LogP contribution in [0.25, 0.3) is 0 Å². The Kier molecular flexibility index (Phi) is 6.31. The number of amides is 1. The summed E-state index contributed by atoms with van der Waals surface area (Å²) in [5, 5.41) is 1.23. The van der Waals surface area contributed by atoms with E-state index in [4.69, 9.17) is 0 Å². The fourth-order valence-corrected chi connectivity index (χ4v) is 4.76. The summed E-state index contributed by atoms with van der Waals surface area (Å²) in [6.07, 6.45) is 5.23. The molecule has 1 aliphatic rings. The molecule has 3 rings (SSSR count). The summed E-state index contributed by atoms with van der Waals surface area (Å²) in [5.74, 6) is 0. The molecule has 0 spiro atoms. The monoisotopic (exact) mass is 388 g/mol. The second kappa shape index (κ2) is 8.88. The van der Waals surface area contributed by atoms with Gasteiger partial charge in [-0.25, -0.2) is 5.43 Å². The lowest BCUT2D eigenvalue weighted by Gasteiger charge is -2.36. The van der Waals surface area contributed by atoms with E-state index in [1.807, 2.05) is 12.1 Å². The number of nitrogens with one attached hydrogen (secondary N) is 2. The highest BCUT2D eigenvalue weighted by atomic mass is 32.2. The summed E-state index contributed by atoms with van der Waals surface area (Å²) in [6, 6.07) is 17.4. The van der Waals surface area contributed by atoms with Crippen molar-refractivity contribution in [3.8, 4) is 0 Å². The van der Waals surface area contributed by atoms with Crippen LogP contribution in [0.4, 0.5) is 11.4 Å². The number of nitrogens with zero attached hydrogens (tertiary/aromatic N) is 2. The van der Waals surface area contributed by atoms with E-state index in [1.54, 1.807) is 48.5 Å². The molecule has 27 heavy (non-hydrogen) atoms. The van der Waals surface area contributed by atoms with Crippen LogP contribution in [-0.2, 0) is 15.0 Å². The molecule has 0 atom stereocenters. The van der Waals surface area contributed by atoms with Crippen LogP contribution < -0.4 is 19.7 Å². The number of benzene rings is 2. The molecule has 2 aromatic carbocycles. The third-order valence-electron chi connectivity index (χ3n) is 4.48. The summed E-state index contributed by atoms with van der Waals surface area (Å²) in [5.41, 5.74) is 3.43. The fraction of sp³-hybridized carbons (Fsp3) is 0.316. The molecular weight excluding hydrogens is 364 g/mol. The summed E-state index contributed by atoms with van der Waals surface area (Å²) in [6.45, 7) is 0. The lowest BCUT2D eigenvalue weighted by molar-refractivity contribution is -0.109. The van der Waals surface area contributed by atoms with E-state index >= 15 is 0 Å². The van der Waals surface area contributed by atoms with Crippen molar-refractivity contribution in [1.29, 1.82) is 0 Å². The molecule has 1 amide bonds. The van der Waals surface area contributed by atoms with Gasteiger partial charge in [-0.2, -0.15) is 18.3 Å². The van der Waals surface area contributed by atoms with Crippen molar-refractivity contribution in [2.75, 3.05) is 9.53 Å². The number of rotatable bonds is 8. The average molecular weight is 388 g/mol. The number of hydrazine groups is 2. The predicted octanol–water partition coefficient (Wildman–Crippen LogP) is 2.74. The van der Waals surface area contributed by atoms with Crippen LogP contribution >= 0.6 is 0 Å². The van der Waals surface area contributed by atoms with Gasteiger partial charge in [0, 0.05) is 6.04 Å². The zero-order chi connectivity index (χ0) is 19.1. The Morgan fingerprint density at radius 2 is 1.41 bits per heavy atom. The zero-order valence-corrected chi connectivity index (χ0v) is 15.8. The van der Waals surface area contributed by atoms with Crippen molar-refractivity contribution < 1.29 is 13.2 Å². The Labute approximate surface area is 160 Å². The van der Waals surface area contributed by atoms with E-state index in [1.165, 1.54) is 5.12 Å². The first-order valence-corrected chi connectivity index (χ1v) is 10.5. The fourth-order valence-electron chi connectivity index (χ4n) is 3.25. The molecule has 0 radical (unpaired) electrons. The SMILES string of the molecule is O=CNN(c1ccccc1)N(c1ccccc1)S(=O)(=O)NC1CCCCC1. The van der Waals surface area contributed by atoms with Crippen LogP contribution in [0.1, 0.15) is 32.1 Å². The summed E-state index contributed by atoms with van der Waals surface area (Å²) in [4.78, 5) is 11.2. The van der Waals surface area contributed by atoms with Gasteiger partial charge in [0.25, 0.3) is 0 Å². The lowest BCUT2D eigenvalue weighted by Crippen LogP contribution is -2.58. The highest BCUT2D eigenvalue weighted by Crippen LogP contribution is 2.25. The molecule has 8 heteroatoms. The van der Waals surface area contributed by atoms with Crippen LogP contribution in [0.5, 0.6) is 0 Å². The number of para-hydroxylation sites is 2. The minimum absolute atomic E-state index is 0.108. The summed E-state index contributed by atoms with van der Waals surface area (Å²) < 4.78 is 30.5. The first-order valence-electron chi connectivity index (χ1n) is 9.04. The van der Waals surface area contributed by atoms with Crippen molar-refractivity contribution in [3.05, 3.63) is 60.7 Å². The Morgan fingerprint density at radius 1 is 0.852 bits per heavy atom. The zero-order valence-electron chi connectivity index (χ0n) is 15.0. The van der Waals surface area contributed by atoms with Crippen LogP contribution in [0.15, 0.2) is 60.7 Å². The normalized spacial score (nSPS) is 15.1. The van der Waals surface area contributed by atoms with Gasteiger partial charge in [-0.15, -0.1) is 4.41 Å². The Hall–Kier alpha value is -2.58. The molecule has 0 aromatic heterocycles. The van der Waals surface area contributed by atoms with Gasteiger partial charge in [-0.1, -0.05) is 55.7 Å². The van der Waals surface area contributed by atoms with Gasteiger partial charge in [-0.3, -0.25) is 4.79 Å². The van der Waals surface area contributed by atoms with E-state index in [0.717, 1.165) is 36.5 Å². The smallest absolute Gasteiger partial charge is 0.277 e. The second-order valence-corrected chi connectivity index (χ2v) is 7.96. The molecule has 0 saturated heterocycles. The highest BCUT2D eigenvalue weighted by Gasteiger charge is 2.32. The maximum Gasteiger partial charge on any atom is 0.321 e. The number of hydrogen-bond acceptors (Lipinski definition) is 4. The van der Waals surface area contributed by atoms with Crippen LogP contribution in [0.3, 0.4) is 0 Å². The van der Waals surface area contributed by atoms with E-state index in [0.29, 0.717) is 17.8 Å². The molecule has 0 bridgehead atoms. The quantitative estimate of drug-likeness (QED) is 0.538. The summed E-state index contributed by atoms with van der Waals surface area (Å²) >= 11 is 0. The molecule has 0 unspecified atom stereocenters. The molecule has 1 fully saturated rings. The minimum Gasteiger partial charge on any atom is -0.277 e. The highest BCUT2D eigenvalue weighted by molar-refractivity contribution is 7.91. The van der Waals surface area contributed by atoms with Gasteiger partial charge in [0.1, 0.15) is 0 Å². The molecule has 0 heterocycles. The number of carbonyl (C=O) groups is 1. The van der Waals surface area contributed by atoms with Crippen LogP contribution in [0, 0.1) is 0 Å². The van der Waals surface area contributed by atoms with E-state index in [9.17, 15) is 13.2 Å². The topological polar surface area (TPSA) is 81.8 Å². The molecule has 144 valence electrons. The first kappa shape index (κ1) is 19.2. The van der Waals surface area contributed by atoms with Crippen molar-refractivity contribution >= 4 is 28.0 Å². The van der Waals surface area contributed by atoms with Crippen LogP contribution in [0.2, 0.25) is 0 Å². The molecule has 2 aromatic rings. The maximum absolute atomic E-state index is 13.3. The summed E-state index contributed by atoms with van der Waals surface area (Å²) in [7, 11) is -3.96. The third kappa shape index (κ3) is 4.78. The molecule has 0 aliphatic heterocycles. The Balaban J connectivity index is 2.00. The first-order chi connectivity index (χ1) is 13.1. The standard InChI is InChI=1S/C19H24N4O3S/c24-16-20-22(18-12-6-2-7-13-18)23(19-14-8-3-9-15-19)27(25,26)21-17-10-4-1-5-11-17/h2-3,6-9,12-17,21H,1,4-5,10-11H2,(H,20,24). The largest absolute Gasteiger partial charge is 0.321 e. The molecule has 1 saturated carbocycles. The predicted molar refractivity (Wildman–Crippen MR) is 106 cm³/mol. The second-order valence-electron chi connectivity index (χ2n) is 6.43. The number of hydrogen-bond donors (Lipinski definition) is 2. The van der Waals surface area contributed by atoms with Crippen molar-refractivity contribution in [2.24, 2.45) is 0 Å². The number of carbonyl (C=O) groups excluding carboxylic acids is 1. The van der Waals surface area contributed by atoms with Gasteiger partial charge < -0.3 is 0 Å². The minimum atomic E-state index is -3.96. The van der Waals surface area contributed by atoms with E-state index in [2.05, 4.69) is 10.1 Å². The molecular formula is C19H24N4O3S. The molecule has 7 nitrogen and oxygen atoms in total. The van der Waals surface area contributed by atoms with Gasteiger partial charge in [0.05, 0.1) is 11.4 Å². The Bertz CT molecular complexity index is 825. The lowest BCUT2D eigenvalue weighted by atomic mass is 9.96. The van der Waals surface area contributed by atoms with Gasteiger partial charge in [-0.05, 0) is 37.1 Å². The van der Waals surface area contributed by atoms with Crippen molar-refractivity contribution in [2.45, 2.75) is 38.1 Å². The molecule has 1 aliphatic carbocycles. The van der Waals surface area contributed by atoms with Gasteiger partial charge in [0.2, 0.25) is 6.41 Å². The third-order valence-corrected chi connectivity index (χ3v) is 5.94. The number of anilines is 2. The maximum atomic E-state index is 13.3. The van der Waals surface area contributed by atoms with Gasteiger partial charge in [0.15, 0.2) is 0 Å². The van der Waals surface area contributed by atoms with Gasteiger partial charge >= 0.3 is 10.2 Å². The van der Waals surface area contributed by atoms with Crippen molar-refractivity contribution in [3.63, 3.8) is 0 Å². The van der Waals surface area contributed by atoms with E-state index in [-0.39, 0.29) is 6.04 Å².